The summed E-state index contributed by atoms with van der Waals surface area (Å²) < 4.78 is 0. The van der Waals surface area contributed by atoms with Gasteiger partial charge in [-0.3, -0.25) is 10.4 Å². The van der Waals surface area contributed by atoms with Crippen LogP contribution in [0, 0.1) is 6.92 Å². The Kier molecular flexibility index (Phi) is 3.28. The second-order valence-electron chi connectivity index (χ2n) is 3.47. The molecule has 16 heavy (non-hydrogen) atoms. The van der Waals surface area contributed by atoms with Gasteiger partial charge in [-0.05, 0) is 30.7 Å². The molecule has 2 aromatic rings. The molecular formula is C13H13N3. The molecule has 3 nitrogen and oxygen atoms in total. The molecule has 0 unspecified atom stereocenters. The lowest BCUT2D eigenvalue weighted by Crippen LogP contribution is -1.92. The van der Waals surface area contributed by atoms with Crippen molar-refractivity contribution in [3.63, 3.8) is 0 Å². The van der Waals surface area contributed by atoms with Gasteiger partial charge in [0.15, 0.2) is 0 Å². The van der Waals surface area contributed by atoms with Crippen molar-refractivity contribution < 1.29 is 0 Å². The number of anilines is 1. The van der Waals surface area contributed by atoms with Crippen molar-refractivity contribution in [3.8, 4) is 0 Å². The predicted octanol–water partition coefficient (Wildman–Crippen LogP) is 2.84. The molecule has 0 saturated carbocycles. The van der Waals surface area contributed by atoms with Crippen LogP contribution in [-0.4, -0.2) is 11.2 Å². The number of para-hydroxylation sites is 1. The number of rotatable bonds is 3. The van der Waals surface area contributed by atoms with Gasteiger partial charge < -0.3 is 0 Å². The number of hydrazone groups is 1. The molecule has 0 aliphatic rings. The van der Waals surface area contributed by atoms with Gasteiger partial charge in [-0.1, -0.05) is 18.2 Å². The first-order chi connectivity index (χ1) is 7.86. The van der Waals surface area contributed by atoms with Crippen LogP contribution in [0.4, 0.5) is 5.69 Å². The lowest BCUT2D eigenvalue weighted by molar-refractivity contribution is 1.25. The Balaban J connectivity index is 2.03. The summed E-state index contributed by atoms with van der Waals surface area (Å²) in [6.07, 6.45) is 5.38. The second kappa shape index (κ2) is 5.07. The summed E-state index contributed by atoms with van der Waals surface area (Å²) in [5.74, 6) is 0. The van der Waals surface area contributed by atoms with E-state index in [1.54, 1.807) is 12.4 Å². The number of benzene rings is 1. The van der Waals surface area contributed by atoms with Crippen molar-refractivity contribution in [1.82, 2.24) is 4.98 Å². The SMILES string of the molecule is Cc1cnccc1/C=N\Nc1ccccc1. The molecule has 1 aromatic carbocycles. The van der Waals surface area contributed by atoms with E-state index < -0.39 is 0 Å². The van der Waals surface area contributed by atoms with Crippen LogP contribution in [0.2, 0.25) is 0 Å². The Bertz CT molecular complexity index is 478. The van der Waals surface area contributed by atoms with E-state index in [-0.39, 0.29) is 0 Å². The van der Waals surface area contributed by atoms with E-state index in [2.05, 4.69) is 15.5 Å². The maximum Gasteiger partial charge on any atom is 0.0561 e. The quantitative estimate of drug-likeness (QED) is 0.626. The number of hydrogen-bond acceptors (Lipinski definition) is 3. The third kappa shape index (κ3) is 2.67. The van der Waals surface area contributed by atoms with Crippen LogP contribution in [0.1, 0.15) is 11.1 Å². The molecule has 0 saturated heterocycles. The number of aromatic nitrogens is 1. The Morgan fingerprint density at radius 2 is 2.00 bits per heavy atom. The van der Waals surface area contributed by atoms with E-state index in [0.717, 1.165) is 16.8 Å². The minimum Gasteiger partial charge on any atom is -0.279 e. The van der Waals surface area contributed by atoms with Gasteiger partial charge in [-0.25, -0.2) is 0 Å². The van der Waals surface area contributed by atoms with Gasteiger partial charge >= 0.3 is 0 Å². The van der Waals surface area contributed by atoms with E-state index in [1.807, 2.05) is 49.5 Å². The monoisotopic (exact) mass is 211 g/mol. The molecule has 0 bridgehead atoms. The molecule has 1 aromatic heterocycles. The Hall–Kier alpha value is -2.16. The third-order valence-corrected chi connectivity index (χ3v) is 2.23. The smallest absolute Gasteiger partial charge is 0.0561 e. The van der Waals surface area contributed by atoms with Gasteiger partial charge in [-0.2, -0.15) is 5.10 Å². The standard InChI is InChI=1S/C13H13N3/c1-11-9-14-8-7-12(11)10-15-16-13-5-3-2-4-6-13/h2-10,16H,1H3/b15-10-. The van der Waals surface area contributed by atoms with Gasteiger partial charge in [0.05, 0.1) is 11.9 Å². The second-order valence-corrected chi connectivity index (χ2v) is 3.47. The van der Waals surface area contributed by atoms with Crippen LogP contribution in [-0.2, 0) is 0 Å². The minimum absolute atomic E-state index is 0.977. The summed E-state index contributed by atoms with van der Waals surface area (Å²) in [6, 6.07) is 11.8. The van der Waals surface area contributed by atoms with E-state index in [0.29, 0.717) is 0 Å². The summed E-state index contributed by atoms with van der Waals surface area (Å²) in [7, 11) is 0. The molecule has 0 spiro atoms. The first kappa shape index (κ1) is 10.4. The largest absolute Gasteiger partial charge is 0.279 e. The highest BCUT2D eigenvalue weighted by Gasteiger charge is 1.92. The van der Waals surface area contributed by atoms with Crippen molar-refractivity contribution in [3.05, 3.63) is 59.9 Å². The zero-order chi connectivity index (χ0) is 11.2. The van der Waals surface area contributed by atoms with Crippen LogP contribution < -0.4 is 5.43 Å². The molecule has 0 amide bonds. The number of pyridine rings is 1. The topological polar surface area (TPSA) is 37.3 Å². The van der Waals surface area contributed by atoms with Crippen molar-refractivity contribution in [2.24, 2.45) is 5.10 Å². The Morgan fingerprint density at radius 3 is 2.75 bits per heavy atom. The molecule has 0 radical (unpaired) electrons. The van der Waals surface area contributed by atoms with Crippen LogP contribution in [0.25, 0.3) is 0 Å². The van der Waals surface area contributed by atoms with Crippen LogP contribution in [0.3, 0.4) is 0 Å². The number of nitrogens with zero attached hydrogens (tertiary/aromatic N) is 2. The lowest BCUT2D eigenvalue weighted by atomic mass is 10.2. The van der Waals surface area contributed by atoms with Gasteiger partial charge in [-0.15, -0.1) is 0 Å². The molecule has 1 N–H and O–H groups in total. The fourth-order valence-electron chi connectivity index (χ4n) is 1.32. The van der Waals surface area contributed by atoms with Crippen LogP contribution in [0.15, 0.2) is 53.9 Å². The minimum atomic E-state index is 0.977. The highest BCUT2D eigenvalue weighted by Crippen LogP contribution is 2.05. The van der Waals surface area contributed by atoms with Gasteiger partial charge in [0.1, 0.15) is 0 Å². The summed E-state index contributed by atoms with van der Waals surface area (Å²) in [6.45, 7) is 2.01. The van der Waals surface area contributed by atoms with Crippen molar-refractivity contribution >= 4 is 11.9 Å². The highest BCUT2D eigenvalue weighted by molar-refractivity contribution is 5.81. The van der Waals surface area contributed by atoms with Crippen molar-refractivity contribution in [1.29, 1.82) is 0 Å². The third-order valence-electron chi connectivity index (χ3n) is 2.23. The zero-order valence-electron chi connectivity index (χ0n) is 9.09. The Labute approximate surface area is 94.9 Å². The summed E-state index contributed by atoms with van der Waals surface area (Å²) >= 11 is 0. The summed E-state index contributed by atoms with van der Waals surface area (Å²) in [5.41, 5.74) is 6.13. The van der Waals surface area contributed by atoms with Crippen LogP contribution in [0.5, 0.6) is 0 Å². The fraction of sp³-hybridized carbons (Fsp3) is 0.0769. The van der Waals surface area contributed by atoms with E-state index >= 15 is 0 Å². The van der Waals surface area contributed by atoms with Gasteiger partial charge in [0, 0.05) is 18.0 Å². The van der Waals surface area contributed by atoms with Gasteiger partial charge in [0.2, 0.25) is 0 Å². The first-order valence-corrected chi connectivity index (χ1v) is 5.11. The van der Waals surface area contributed by atoms with Crippen molar-refractivity contribution in [2.45, 2.75) is 6.92 Å². The van der Waals surface area contributed by atoms with E-state index in [4.69, 9.17) is 0 Å². The number of aryl methyl sites for hydroxylation is 1. The maximum absolute atomic E-state index is 4.17. The van der Waals surface area contributed by atoms with Crippen LogP contribution >= 0.6 is 0 Å². The molecule has 80 valence electrons. The molecule has 3 heteroatoms. The molecule has 0 aliphatic heterocycles. The number of hydrogen-bond donors (Lipinski definition) is 1. The molecule has 2 rings (SSSR count). The molecule has 0 fully saturated rings. The molecule has 0 atom stereocenters. The highest BCUT2D eigenvalue weighted by atomic mass is 15.3. The molecule has 1 heterocycles. The summed E-state index contributed by atoms with van der Waals surface area (Å²) in [4.78, 5) is 4.03. The maximum atomic E-state index is 4.17. The first-order valence-electron chi connectivity index (χ1n) is 5.11. The summed E-state index contributed by atoms with van der Waals surface area (Å²) in [5, 5.41) is 4.17. The van der Waals surface area contributed by atoms with Crippen molar-refractivity contribution in [2.75, 3.05) is 5.43 Å². The lowest BCUT2D eigenvalue weighted by Gasteiger charge is -2.00. The number of nitrogens with one attached hydrogen (secondary N) is 1. The molecular weight excluding hydrogens is 198 g/mol. The Morgan fingerprint density at radius 1 is 1.19 bits per heavy atom. The normalized spacial score (nSPS) is 10.6. The zero-order valence-corrected chi connectivity index (χ0v) is 9.09. The fourth-order valence-corrected chi connectivity index (χ4v) is 1.32. The predicted molar refractivity (Wildman–Crippen MR) is 66.6 cm³/mol. The average molecular weight is 211 g/mol. The van der Waals surface area contributed by atoms with E-state index in [9.17, 15) is 0 Å². The van der Waals surface area contributed by atoms with E-state index in [1.165, 1.54) is 0 Å². The molecule has 0 aliphatic carbocycles. The average Bonchev–Trinajstić information content (AvgIpc) is 2.33. The van der Waals surface area contributed by atoms with Gasteiger partial charge in [0.25, 0.3) is 0 Å².